The highest BCUT2D eigenvalue weighted by Crippen LogP contribution is 2.22. The zero-order valence-corrected chi connectivity index (χ0v) is 6.87. The monoisotopic (exact) mass is 197 g/mol. The molecule has 4 nitrogen and oxygen atoms in total. The summed E-state index contributed by atoms with van der Waals surface area (Å²) >= 11 is 0. The highest BCUT2D eigenvalue weighted by Gasteiger charge is 2.12. The summed E-state index contributed by atoms with van der Waals surface area (Å²) in [7, 11) is 0. The molecule has 72 valence electrons. The fourth-order valence-electron chi connectivity index (χ4n) is 1.00. The van der Waals surface area contributed by atoms with E-state index in [1.54, 1.807) is 0 Å². The Balaban J connectivity index is 2.55. The molecule has 14 heavy (non-hydrogen) atoms. The van der Waals surface area contributed by atoms with E-state index in [-0.39, 0.29) is 17.5 Å². The predicted octanol–water partition coefficient (Wildman–Crippen LogP) is 1.60. The molecule has 0 aliphatic rings. The minimum atomic E-state index is -0.643. The zero-order valence-electron chi connectivity index (χ0n) is 6.87. The van der Waals surface area contributed by atoms with Gasteiger partial charge < -0.3 is 10.2 Å². The van der Waals surface area contributed by atoms with E-state index < -0.39 is 11.6 Å². The largest absolute Gasteiger partial charge is 0.403 e. The molecule has 0 radical (unpaired) electrons. The smallest absolute Gasteiger partial charge is 0.313 e. The number of anilines is 1. The van der Waals surface area contributed by atoms with Crippen LogP contribution in [0, 0.1) is 11.6 Å². The highest BCUT2D eigenvalue weighted by molar-refractivity contribution is 5.54. The van der Waals surface area contributed by atoms with Crippen molar-refractivity contribution in [1.82, 2.24) is 10.2 Å². The van der Waals surface area contributed by atoms with Crippen LogP contribution in [0.4, 0.5) is 14.8 Å². The van der Waals surface area contributed by atoms with E-state index in [1.807, 2.05) is 0 Å². The molecule has 2 N–H and O–H groups in total. The van der Waals surface area contributed by atoms with Crippen molar-refractivity contribution in [2.75, 3.05) is 5.73 Å². The van der Waals surface area contributed by atoms with E-state index in [9.17, 15) is 8.78 Å². The van der Waals surface area contributed by atoms with E-state index in [0.29, 0.717) is 0 Å². The summed E-state index contributed by atoms with van der Waals surface area (Å²) in [5.74, 6) is -1.37. The van der Waals surface area contributed by atoms with Gasteiger partial charge in [-0.25, -0.2) is 8.78 Å². The van der Waals surface area contributed by atoms with Crippen molar-refractivity contribution in [3.63, 3.8) is 0 Å². The van der Waals surface area contributed by atoms with E-state index in [4.69, 9.17) is 10.2 Å². The van der Waals surface area contributed by atoms with Gasteiger partial charge in [0.15, 0.2) is 0 Å². The number of nitrogen functional groups attached to an aromatic ring is 1. The average molecular weight is 197 g/mol. The van der Waals surface area contributed by atoms with Crippen LogP contribution >= 0.6 is 0 Å². The summed E-state index contributed by atoms with van der Waals surface area (Å²) in [4.78, 5) is 0. The molecule has 0 unspecified atom stereocenters. The quantitative estimate of drug-likeness (QED) is 0.753. The Labute approximate surface area is 77.4 Å². The topological polar surface area (TPSA) is 64.9 Å². The molecular formula is C8H5F2N3O. The van der Waals surface area contributed by atoms with Crippen LogP contribution in [0.3, 0.4) is 0 Å². The lowest BCUT2D eigenvalue weighted by Crippen LogP contribution is -1.86. The summed E-state index contributed by atoms with van der Waals surface area (Å²) in [5, 5.41) is 6.78. The molecule has 0 spiro atoms. The molecule has 0 fully saturated rings. The number of halogens is 2. The van der Waals surface area contributed by atoms with Crippen molar-refractivity contribution in [3.8, 4) is 11.5 Å². The molecule has 2 aromatic rings. The minimum absolute atomic E-state index is 0.103. The van der Waals surface area contributed by atoms with Crippen molar-refractivity contribution >= 4 is 6.01 Å². The molecule has 6 heteroatoms. The Morgan fingerprint density at radius 1 is 1.21 bits per heavy atom. The molecular weight excluding hydrogens is 192 g/mol. The maximum Gasteiger partial charge on any atom is 0.313 e. The van der Waals surface area contributed by atoms with Gasteiger partial charge in [0.25, 0.3) is 5.89 Å². The Morgan fingerprint density at radius 2 is 2.00 bits per heavy atom. The first-order valence-corrected chi connectivity index (χ1v) is 3.71. The lowest BCUT2D eigenvalue weighted by Gasteiger charge is -1.96. The predicted molar refractivity (Wildman–Crippen MR) is 44.1 cm³/mol. The van der Waals surface area contributed by atoms with Crippen molar-refractivity contribution in [1.29, 1.82) is 0 Å². The van der Waals surface area contributed by atoms with Gasteiger partial charge in [-0.05, 0) is 18.2 Å². The molecule has 0 aliphatic heterocycles. The summed E-state index contributed by atoms with van der Waals surface area (Å²) in [5.41, 5.74) is 5.04. The zero-order chi connectivity index (χ0) is 10.1. The van der Waals surface area contributed by atoms with Gasteiger partial charge >= 0.3 is 6.01 Å². The molecule has 0 aliphatic carbocycles. The van der Waals surface area contributed by atoms with Gasteiger partial charge in [-0.3, -0.25) is 0 Å². The molecule has 2 rings (SSSR count). The van der Waals surface area contributed by atoms with Crippen LogP contribution in [0.15, 0.2) is 22.6 Å². The van der Waals surface area contributed by atoms with Crippen LogP contribution in [-0.4, -0.2) is 10.2 Å². The number of nitrogens with zero attached hydrogens (tertiary/aromatic N) is 2. The van der Waals surface area contributed by atoms with Gasteiger partial charge in [-0.2, -0.15) is 0 Å². The van der Waals surface area contributed by atoms with Crippen molar-refractivity contribution in [2.45, 2.75) is 0 Å². The Hall–Kier alpha value is -1.98. The average Bonchev–Trinajstić information content (AvgIpc) is 2.56. The van der Waals surface area contributed by atoms with Crippen LogP contribution in [0.1, 0.15) is 0 Å². The summed E-state index contributed by atoms with van der Waals surface area (Å²) in [6.45, 7) is 0. The standard InChI is InChI=1S/C8H5F2N3O/c9-4-1-2-6(10)5(3-4)7-12-13-8(11)14-7/h1-3H,(H2,11,13). The third kappa shape index (κ3) is 1.41. The summed E-state index contributed by atoms with van der Waals surface area (Å²) in [6, 6.07) is 2.75. The lowest BCUT2D eigenvalue weighted by molar-refractivity contribution is 0.567. The van der Waals surface area contributed by atoms with Crippen LogP contribution in [0.25, 0.3) is 11.5 Å². The number of hydrogen-bond donors (Lipinski definition) is 1. The Morgan fingerprint density at radius 3 is 2.64 bits per heavy atom. The molecule has 1 heterocycles. The van der Waals surface area contributed by atoms with Gasteiger partial charge in [0, 0.05) is 0 Å². The fraction of sp³-hybridized carbons (Fsp3) is 0. The Kier molecular flexibility index (Phi) is 1.88. The normalized spacial score (nSPS) is 10.4. The van der Waals surface area contributed by atoms with Gasteiger partial charge in [-0.1, -0.05) is 5.10 Å². The van der Waals surface area contributed by atoms with Gasteiger partial charge in [-0.15, -0.1) is 5.10 Å². The van der Waals surface area contributed by atoms with E-state index in [0.717, 1.165) is 18.2 Å². The van der Waals surface area contributed by atoms with Gasteiger partial charge in [0.2, 0.25) is 0 Å². The summed E-state index contributed by atoms with van der Waals surface area (Å²) in [6.07, 6.45) is 0. The number of nitrogens with two attached hydrogens (primary N) is 1. The number of rotatable bonds is 1. The molecule has 0 atom stereocenters. The van der Waals surface area contributed by atoms with E-state index in [1.165, 1.54) is 0 Å². The van der Waals surface area contributed by atoms with Gasteiger partial charge in [0.1, 0.15) is 11.6 Å². The lowest BCUT2D eigenvalue weighted by atomic mass is 10.2. The molecule has 0 amide bonds. The van der Waals surface area contributed by atoms with E-state index in [2.05, 4.69) is 10.2 Å². The first-order chi connectivity index (χ1) is 6.66. The fourth-order valence-corrected chi connectivity index (χ4v) is 1.00. The minimum Gasteiger partial charge on any atom is -0.403 e. The maximum absolute atomic E-state index is 13.1. The third-order valence-electron chi connectivity index (χ3n) is 1.60. The van der Waals surface area contributed by atoms with Crippen LogP contribution in [0.5, 0.6) is 0 Å². The van der Waals surface area contributed by atoms with Crippen molar-refractivity contribution in [3.05, 3.63) is 29.8 Å². The number of hydrogen-bond acceptors (Lipinski definition) is 4. The molecule has 1 aromatic heterocycles. The van der Waals surface area contributed by atoms with E-state index >= 15 is 0 Å². The molecule has 0 saturated heterocycles. The SMILES string of the molecule is Nc1nnc(-c2cc(F)ccc2F)o1. The third-order valence-corrected chi connectivity index (χ3v) is 1.60. The molecule has 0 bridgehead atoms. The van der Waals surface area contributed by atoms with Crippen molar-refractivity contribution in [2.24, 2.45) is 0 Å². The second-order valence-corrected chi connectivity index (χ2v) is 2.57. The number of benzene rings is 1. The second-order valence-electron chi connectivity index (χ2n) is 2.57. The van der Waals surface area contributed by atoms with Crippen molar-refractivity contribution < 1.29 is 13.2 Å². The summed E-state index contributed by atoms with van der Waals surface area (Å²) < 4.78 is 30.6. The van der Waals surface area contributed by atoms with Gasteiger partial charge in [0.05, 0.1) is 5.56 Å². The molecule has 1 aromatic carbocycles. The molecule has 0 saturated carbocycles. The Bertz CT molecular complexity index is 469. The van der Waals surface area contributed by atoms with Crippen LogP contribution < -0.4 is 5.73 Å². The van der Waals surface area contributed by atoms with Crippen LogP contribution in [-0.2, 0) is 0 Å². The number of aromatic nitrogens is 2. The first kappa shape index (κ1) is 8.61. The first-order valence-electron chi connectivity index (χ1n) is 3.71. The maximum atomic E-state index is 13.1. The van der Waals surface area contributed by atoms with Crippen LogP contribution in [0.2, 0.25) is 0 Å². The second kappa shape index (κ2) is 3.06. The highest BCUT2D eigenvalue weighted by atomic mass is 19.1.